The van der Waals surface area contributed by atoms with Gasteiger partial charge in [-0.05, 0) is 43.8 Å². The Bertz CT molecular complexity index is 825. The van der Waals surface area contributed by atoms with E-state index in [1.165, 1.54) is 18.2 Å². The fourth-order valence-electron chi connectivity index (χ4n) is 3.39. The van der Waals surface area contributed by atoms with Crippen LogP contribution in [-0.2, 0) is 16.1 Å². The maximum Gasteiger partial charge on any atom is 0.244 e. The van der Waals surface area contributed by atoms with Gasteiger partial charge in [0.05, 0.1) is 0 Å². The molecule has 1 fully saturated rings. The van der Waals surface area contributed by atoms with Crippen molar-refractivity contribution >= 4 is 23.2 Å². The highest BCUT2D eigenvalue weighted by molar-refractivity contribution is 5.94. The lowest BCUT2D eigenvalue weighted by molar-refractivity contribution is -0.133. The molecule has 6 nitrogen and oxygen atoms in total. The fourth-order valence-corrected chi connectivity index (χ4v) is 3.39. The predicted octanol–water partition coefficient (Wildman–Crippen LogP) is 2.73. The molecule has 1 aliphatic heterocycles. The van der Waals surface area contributed by atoms with Crippen LogP contribution in [0.25, 0.3) is 0 Å². The minimum atomic E-state index is -0.195. The monoisotopic (exact) mass is 394 g/mol. The van der Waals surface area contributed by atoms with Crippen LogP contribution in [0.5, 0.6) is 0 Å². The number of piperazine rings is 1. The first kappa shape index (κ1) is 20.9. The molecule has 1 aliphatic rings. The molecule has 1 saturated heterocycles. The first-order chi connectivity index (χ1) is 13.9. The average Bonchev–Trinajstić information content (AvgIpc) is 2.70. The Morgan fingerprint density at radius 1 is 0.966 bits per heavy atom. The molecule has 29 heavy (non-hydrogen) atoms. The van der Waals surface area contributed by atoms with Crippen LogP contribution in [0.3, 0.4) is 0 Å². The number of rotatable bonds is 6. The van der Waals surface area contributed by atoms with E-state index in [4.69, 9.17) is 0 Å². The van der Waals surface area contributed by atoms with Crippen molar-refractivity contribution < 1.29 is 9.59 Å². The molecule has 0 spiro atoms. The van der Waals surface area contributed by atoms with Gasteiger partial charge in [0.1, 0.15) is 6.54 Å². The molecule has 6 heteroatoms. The number of anilines is 2. The standard InChI is InChI=1S/C23H30N4O2/c1-18-4-6-20(7-5-18)16-27(19(2)28)17-23(29)24-21-8-10-22(11-9-21)26-14-12-25(3)13-15-26/h4-11H,12-17H2,1-3H3,(H,24,29). The van der Waals surface area contributed by atoms with Crippen molar-refractivity contribution in [2.75, 3.05) is 50.0 Å². The number of nitrogens with one attached hydrogen (secondary N) is 1. The van der Waals surface area contributed by atoms with Crippen molar-refractivity contribution in [2.45, 2.75) is 20.4 Å². The molecule has 0 aliphatic carbocycles. The number of hydrogen-bond donors (Lipinski definition) is 1. The lowest BCUT2D eigenvalue weighted by Gasteiger charge is -2.34. The summed E-state index contributed by atoms with van der Waals surface area (Å²) < 4.78 is 0. The van der Waals surface area contributed by atoms with Crippen molar-refractivity contribution in [3.05, 3.63) is 59.7 Å². The third kappa shape index (κ3) is 6.06. The van der Waals surface area contributed by atoms with Gasteiger partial charge in [-0.2, -0.15) is 0 Å². The topological polar surface area (TPSA) is 55.9 Å². The van der Waals surface area contributed by atoms with Crippen LogP contribution in [0.4, 0.5) is 11.4 Å². The number of hydrogen-bond acceptors (Lipinski definition) is 4. The molecule has 1 N–H and O–H groups in total. The van der Waals surface area contributed by atoms with Crippen LogP contribution in [0, 0.1) is 6.92 Å². The quantitative estimate of drug-likeness (QED) is 0.819. The molecule has 0 radical (unpaired) electrons. The van der Waals surface area contributed by atoms with Gasteiger partial charge in [-0.15, -0.1) is 0 Å². The second-order valence-corrected chi connectivity index (χ2v) is 7.75. The summed E-state index contributed by atoms with van der Waals surface area (Å²) in [5.41, 5.74) is 4.09. The normalized spacial score (nSPS) is 14.5. The van der Waals surface area contributed by atoms with Crippen LogP contribution >= 0.6 is 0 Å². The molecular weight excluding hydrogens is 364 g/mol. The average molecular weight is 395 g/mol. The molecule has 2 aromatic rings. The Labute approximate surface area is 173 Å². The fraction of sp³-hybridized carbons (Fsp3) is 0.391. The molecule has 2 amide bonds. The number of amides is 2. The van der Waals surface area contributed by atoms with Gasteiger partial charge in [-0.3, -0.25) is 9.59 Å². The molecule has 0 saturated carbocycles. The summed E-state index contributed by atoms with van der Waals surface area (Å²) >= 11 is 0. The molecule has 154 valence electrons. The summed E-state index contributed by atoms with van der Waals surface area (Å²) in [5.74, 6) is -0.314. The molecule has 0 atom stereocenters. The van der Waals surface area contributed by atoms with Gasteiger partial charge < -0.3 is 20.0 Å². The van der Waals surface area contributed by atoms with E-state index in [0.29, 0.717) is 6.54 Å². The SMILES string of the molecule is CC(=O)N(CC(=O)Nc1ccc(N2CCN(C)CC2)cc1)Cc1ccc(C)cc1. The molecule has 3 rings (SSSR count). The zero-order chi connectivity index (χ0) is 20.8. The number of likely N-dealkylation sites (N-methyl/N-ethyl adjacent to an activating group) is 1. The van der Waals surface area contributed by atoms with Crippen molar-refractivity contribution in [3.63, 3.8) is 0 Å². The van der Waals surface area contributed by atoms with Crippen LogP contribution in [0.15, 0.2) is 48.5 Å². The van der Waals surface area contributed by atoms with Crippen molar-refractivity contribution in [2.24, 2.45) is 0 Å². The first-order valence-electron chi connectivity index (χ1n) is 10.0. The van der Waals surface area contributed by atoms with E-state index >= 15 is 0 Å². The molecule has 0 bridgehead atoms. The van der Waals surface area contributed by atoms with E-state index in [1.54, 1.807) is 4.90 Å². The van der Waals surface area contributed by atoms with Crippen LogP contribution in [0.1, 0.15) is 18.1 Å². The highest BCUT2D eigenvalue weighted by atomic mass is 16.2. The minimum Gasteiger partial charge on any atom is -0.369 e. The summed E-state index contributed by atoms with van der Waals surface area (Å²) in [6, 6.07) is 15.9. The third-order valence-electron chi connectivity index (χ3n) is 5.29. The Balaban J connectivity index is 1.55. The Kier molecular flexibility index (Phi) is 6.88. The molecule has 2 aromatic carbocycles. The van der Waals surface area contributed by atoms with E-state index in [1.807, 2.05) is 55.5 Å². The van der Waals surface area contributed by atoms with Crippen LogP contribution in [0.2, 0.25) is 0 Å². The summed E-state index contributed by atoms with van der Waals surface area (Å²) in [7, 11) is 2.14. The number of carbonyl (C=O) groups excluding carboxylic acids is 2. The van der Waals surface area contributed by atoms with Crippen molar-refractivity contribution in [1.82, 2.24) is 9.80 Å². The van der Waals surface area contributed by atoms with Gasteiger partial charge in [-0.25, -0.2) is 0 Å². The maximum atomic E-state index is 12.5. The van der Waals surface area contributed by atoms with E-state index in [0.717, 1.165) is 37.4 Å². The van der Waals surface area contributed by atoms with Gasteiger partial charge in [0, 0.05) is 51.0 Å². The number of carbonyl (C=O) groups is 2. The molecule has 0 unspecified atom stereocenters. The van der Waals surface area contributed by atoms with E-state index in [2.05, 4.69) is 22.2 Å². The Hall–Kier alpha value is -2.86. The third-order valence-corrected chi connectivity index (χ3v) is 5.29. The smallest absolute Gasteiger partial charge is 0.244 e. The zero-order valence-corrected chi connectivity index (χ0v) is 17.5. The molecule has 1 heterocycles. The van der Waals surface area contributed by atoms with Crippen LogP contribution in [-0.4, -0.2) is 61.4 Å². The van der Waals surface area contributed by atoms with Gasteiger partial charge in [0.25, 0.3) is 0 Å². The summed E-state index contributed by atoms with van der Waals surface area (Å²) in [4.78, 5) is 30.7. The lowest BCUT2D eigenvalue weighted by atomic mass is 10.1. The lowest BCUT2D eigenvalue weighted by Crippen LogP contribution is -2.44. The Morgan fingerprint density at radius 3 is 2.17 bits per heavy atom. The van der Waals surface area contributed by atoms with Crippen LogP contribution < -0.4 is 10.2 Å². The minimum absolute atomic E-state index is 0.0312. The molecular formula is C23H30N4O2. The van der Waals surface area contributed by atoms with Gasteiger partial charge in [-0.1, -0.05) is 29.8 Å². The Morgan fingerprint density at radius 2 is 1.59 bits per heavy atom. The number of benzene rings is 2. The summed E-state index contributed by atoms with van der Waals surface area (Å²) in [6.07, 6.45) is 0. The second-order valence-electron chi connectivity index (χ2n) is 7.75. The molecule has 0 aromatic heterocycles. The van der Waals surface area contributed by atoms with E-state index in [9.17, 15) is 9.59 Å². The van der Waals surface area contributed by atoms with Crippen molar-refractivity contribution in [1.29, 1.82) is 0 Å². The first-order valence-corrected chi connectivity index (χ1v) is 10.0. The second kappa shape index (κ2) is 9.56. The summed E-state index contributed by atoms with van der Waals surface area (Å²) in [6.45, 7) is 8.10. The zero-order valence-electron chi connectivity index (χ0n) is 17.5. The van der Waals surface area contributed by atoms with E-state index in [-0.39, 0.29) is 18.4 Å². The van der Waals surface area contributed by atoms with Gasteiger partial charge in [0.2, 0.25) is 11.8 Å². The predicted molar refractivity (Wildman–Crippen MR) is 117 cm³/mol. The maximum absolute atomic E-state index is 12.5. The highest BCUT2D eigenvalue weighted by Crippen LogP contribution is 2.19. The van der Waals surface area contributed by atoms with Gasteiger partial charge in [0.15, 0.2) is 0 Å². The largest absolute Gasteiger partial charge is 0.369 e. The van der Waals surface area contributed by atoms with Gasteiger partial charge >= 0.3 is 0 Å². The number of aryl methyl sites for hydroxylation is 1. The van der Waals surface area contributed by atoms with Crippen molar-refractivity contribution in [3.8, 4) is 0 Å². The highest BCUT2D eigenvalue weighted by Gasteiger charge is 2.16. The van der Waals surface area contributed by atoms with E-state index < -0.39 is 0 Å². The number of nitrogens with zero attached hydrogens (tertiary/aromatic N) is 3. The summed E-state index contributed by atoms with van der Waals surface area (Å²) in [5, 5.41) is 2.90.